The van der Waals surface area contributed by atoms with Crippen LogP contribution in [0.2, 0.25) is 0 Å². The van der Waals surface area contributed by atoms with E-state index in [9.17, 15) is 9.59 Å². The van der Waals surface area contributed by atoms with E-state index in [4.69, 9.17) is 9.72 Å². The molecule has 0 bridgehead atoms. The smallest absolute Gasteiger partial charge is 0.262 e. The first-order valence-corrected chi connectivity index (χ1v) is 11.2. The molecule has 1 N–H and O–H groups in total. The van der Waals surface area contributed by atoms with Crippen molar-refractivity contribution in [3.8, 4) is 0 Å². The summed E-state index contributed by atoms with van der Waals surface area (Å²) < 4.78 is 7.48. The molecule has 1 fully saturated rings. The van der Waals surface area contributed by atoms with Gasteiger partial charge >= 0.3 is 0 Å². The quantitative estimate of drug-likeness (QED) is 0.381. The molecule has 1 aliphatic heterocycles. The highest BCUT2D eigenvalue weighted by Crippen LogP contribution is 2.32. The maximum Gasteiger partial charge on any atom is 0.262 e. The molecular weight excluding hydrogens is 412 g/mol. The number of nitrogens with one attached hydrogen (secondary N) is 1. The fourth-order valence-corrected chi connectivity index (χ4v) is 4.88. The highest BCUT2D eigenvalue weighted by molar-refractivity contribution is 7.99. The summed E-state index contributed by atoms with van der Waals surface area (Å²) in [6.45, 7) is 3.14. The van der Waals surface area contributed by atoms with Crippen LogP contribution in [0.25, 0.3) is 21.8 Å². The molecule has 2 atom stereocenters. The van der Waals surface area contributed by atoms with Gasteiger partial charge in [-0.1, -0.05) is 36.0 Å². The Labute approximate surface area is 182 Å². The van der Waals surface area contributed by atoms with Gasteiger partial charge in [-0.3, -0.25) is 14.2 Å². The van der Waals surface area contributed by atoms with Crippen molar-refractivity contribution in [2.45, 2.75) is 42.8 Å². The van der Waals surface area contributed by atoms with Crippen LogP contribution in [0.15, 0.2) is 63.3 Å². The maximum absolute atomic E-state index is 13.3. The molecule has 7 nitrogen and oxygen atoms in total. The molecule has 0 spiro atoms. The molecule has 158 valence electrons. The molecule has 5 rings (SSSR count). The number of fused-ring (bicyclic) bond motifs is 2. The zero-order chi connectivity index (χ0) is 21.4. The second-order valence-electron chi connectivity index (χ2n) is 7.69. The van der Waals surface area contributed by atoms with Crippen molar-refractivity contribution in [3.05, 3.63) is 75.1 Å². The number of thioether (sulfide) groups is 1. The van der Waals surface area contributed by atoms with E-state index < -0.39 is 0 Å². The summed E-state index contributed by atoms with van der Waals surface area (Å²) in [5.74, 6) is 0.555. The number of H-pyrrole nitrogens is 1. The van der Waals surface area contributed by atoms with Gasteiger partial charge in [-0.25, -0.2) is 9.97 Å². The van der Waals surface area contributed by atoms with E-state index >= 15 is 0 Å². The lowest BCUT2D eigenvalue weighted by Gasteiger charge is -2.18. The molecule has 0 radical (unpaired) electrons. The van der Waals surface area contributed by atoms with Crippen molar-refractivity contribution in [2.75, 3.05) is 6.61 Å². The summed E-state index contributed by atoms with van der Waals surface area (Å²) in [5.41, 5.74) is 1.06. The average Bonchev–Trinajstić information content (AvgIpc) is 3.30. The van der Waals surface area contributed by atoms with E-state index in [2.05, 4.69) is 9.97 Å². The third kappa shape index (κ3) is 3.88. The van der Waals surface area contributed by atoms with Gasteiger partial charge in [0.05, 0.1) is 39.7 Å². The minimum absolute atomic E-state index is 0.00826. The lowest BCUT2D eigenvalue weighted by molar-refractivity contribution is 0.0937. The number of hydrogen-bond donors (Lipinski definition) is 1. The molecule has 8 heteroatoms. The number of ether oxygens (including phenoxy) is 1. The molecule has 31 heavy (non-hydrogen) atoms. The molecular formula is C23H22N4O3S. The standard InChI is InChI=1S/C23H22N4O3S/c1-14(20-24-18-10-4-2-8-16(18)21(28)26-20)31-23-25-19-11-5-3-9-17(19)22(29)27(23)13-15-7-6-12-30-15/h2-5,8-11,14-15H,6-7,12-13H2,1H3,(H,24,26,28)/t14-,15-/m0/s1. The van der Waals surface area contributed by atoms with Gasteiger partial charge in [-0.2, -0.15) is 0 Å². The van der Waals surface area contributed by atoms with Crippen LogP contribution in [0.1, 0.15) is 30.8 Å². The average molecular weight is 435 g/mol. The van der Waals surface area contributed by atoms with Crippen LogP contribution < -0.4 is 11.1 Å². The Morgan fingerprint density at radius 3 is 2.55 bits per heavy atom. The normalized spacial score (nSPS) is 17.4. The second kappa shape index (κ2) is 8.28. The maximum atomic E-state index is 13.3. The summed E-state index contributed by atoms with van der Waals surface area (Å²) in [4.78, 5) is 38.1. The Bertz CT molecular complexity index is 1370. The predicted molar refractivity (Wildman–Crippen MR) is 122 cm³/mol. The number of hydrogen-bond acceptors (Lipinski definition) is 6. The molecule has 0 aliphatic carbocycles. The Hall–Kier alpha value is -2.97. The number of aromatic amines is 1. The molecule has 1 aliphatic rings. The zero-order valence-electron chi connectivity index (χ0n) is 17.1. The number of para-hydroxylation sites is 2. The third-order valence-corrected chi connectivity index (χ3v) is 6.63. The summed E-state index contributed by atoms with van der Waals surface area (Å²) >= 11 is 1.42. The lowest BCUT2D eigenvalue weighted by atomic mass is 10.2. The monoisotopic (exact) mass is 434 g/mol. The van der Waals surface area contributed by atoms with Crippen molar-refractivity contribution in [2.24, 2.45) is 0 Å². The van der Waals surface area contributed by atoms with E-state index in [1.54, 1.807) is 16.7 Å². The van der Waals surface area contributed by atoms with Gasteiger partial charge in [-0.15, -0.1) is 0 Å². The van der Waals surface area contributed by atoms with Crippen molar-refractivity contribution < 1.29 is 4.74 Å². The molecule has 0 unspecified atom stereocenters. The van der Waals surface area contributed by atoms with Crippen molar-refractivity contribution in [1.29, 1.82) is 0 Å². The first-order valence-electron chi connectivity index (χ1n) is 10.4. The van der Waals surface area contributed by atoms with Gasteiger partial charge in [0.1, 0.15) is 5.82 Å². The van der Waals surface area contributed by atoms with Crippen molar-refractivity contribution in [3.63, 3.8) is 0 Å². The minimum atomic E-state index is -0.207. The Morgan fingerprint density at radius 2 is 1.81 bits per heavy atom. The Morgan fingerprint density at radius 1 is 1.10 bits per heavy atom. The Balaban J connectivity index is 1.56. The predicted octanol–water partition coefficient (Wildman–Crippen LogP) is 3.67. The van der Waals surface area contributed by atoms with Crippen LogP contribution in [0.4, 0.5) is 0 Å². The van der Waals surface area contributed by atoms with Crippen LogP contribution in [0, 0.1) is 0 Å². The highest BCUT2D eigenvalue weighted by atomic mass is 32.2. The van der Waals surface area contributed by atoms with Crippen LogP contribution in [0.3, 0.4) is 0 Å². The highest BCUT2D eigenvalue weighted by Gasteiger charge is 2.22. The zero-order valence-corrected chi connectivity index (χ0v) is 17.9. The first-order chi connectivity index (χ1) is 15.1. The largest absolute Gasteiger partial charge is 0.376 e. The molecule has 4 aromatic rings. The summed E-state index contributed by atoms with van der Waals surface area (Å²) in [6, 6.07) is 14.6. The van der Waals surface area contributed by atoms with Gasteiger partial charge in [0.2, 0.25) is 0 Å². The van der Waals surface area contributed by atoms with Crippen LogP contribution in [-0.4, -0.2) is 32.2 Å². The van der Waals surface area contributed by atoms with Crippen LogP contribution >= 0.6 is 11.8 Å². The van der Waals surface area contributed by atoms with E-state index in [0.29, 0.717) is 39.3 Å². The van der Waals surface area contributed by atoms with Gasteiger partial charge < -0.3 is 9.72 Å². The van der Waals surface area contributed by atoms with Gasteiger partial charge in [0, 0.05) is 6.61 Å². The van der Waals surface area contributed by atoms with E-state index in [1.165, 1.54) is 11.8 Å². The number of nitrogens with zero attached hydrogens (tertiary/aromatic N) is 3. The van der Waals surface area contributed by atoms with Crippen LogP contribution in [0.5, 0.6) is 0 Å². The number of aromatic nitrogens is 4. The van der Waals surface area contributed by atoms with E-state index in [1.807, 2.05) is 43.3 Å². The summed E-state index contributed by atoms with van der Waals surface area (Å²) in [7, 11) is 0. The molecule has 1 saturated heterocycles. The van der Waals surface area contributed by atoms with E-state index in [-0.39, 0.29) is 22.5 Å². The first kappa shape index (κ1) is 20.0. The second-order valence-corrected chi connectivity index (χ2v) is 9.00. The number of benzene rings is 2. The van der Waals surface area contributed by atoms with Gasteiger partial charge in [-0.05, 0) is 44.0 Å². The van der Waals surface area contributed by atoms with Gasteiger partial charge in [0.25, 0.3) is 11.1 Å². The van der Waals surface area contributed by atoms with E-state index in [0.717, 1.165) is 19.4 Å². The minimum Gasteiger partial charge on any atom is -0.376 e. The van der Waals surface area contributed by atoms with Crippen molar-refractivity contribution in [1.82, 2.24) is 19.5 Å². The lowest BCUT2D eigenvalue weighted by Crippen LogP contribution is -2.29. The SMILES string of the molecule is C[C@H](Sc1nc2ccccc2c(=O)n1C[C@@H]1CCCO1)c1nc2ccccc2c(=O)[nH]1. The third-order valence-electron chi connectivity index (χ3n) is 5.54. The van der Waals surface area contributed by atoms with Crippen LogP contribution in [-0.2, 0) is 11.3 Å². The molecule has 3 heterocycles. The fourth-order valence-electron chi connectivity index (χ4n) is 3.90. The summed E-state index contributed by atoms with van der Waals surface area (Å²) in [6.07, 6.45) is 1.94. The topological polar surface area (TPSA) is 89.9 Å². The number of rotatable bonds is 5. The fraction of sp³-hybridized carbons (Fsp3) is 0.304. The molecule has 2 aromatic carbocycles. The van der Waals surface area contributed by atoms with Gasteiger partial charge in [0.15, 0.2) is 5.16 Å². The molecule has 0 amide bonds. The molecule has 2 aromatic heterocycles. The summed E-state index contributed by atoms with van der Waals surface area (Å²) in [5, 5.41) is 1.54. The molecule has 0 saturated carbocycles. The Kier molecular flexibility index (Phi) is 5.33. The van der Waals surface area contributed by atoms with Crippen molar-refractivity contribution >= 4 is 33.6 Å².